The molecular weight excluding hydrogens is 409 g/mol. The molecule has 0 aliphatic heterocycles. The van der Waals surface area contributed by atoms with Gasteiger partial charge in [0.25, 0.3) is 11.5 Å². The summed E-state index contributed by atoms with van der Waals surface area (Å²) in [6.45, 7) is 0.938. The largest absolute Gasteiger partial charge is 0.350 e. The fourth-order valence-electron chi connectivity index (χ4n) is 3.07. The average Bonchev–Trinajstić information content (AvgIpc) is 3.15. The summed E-state index contributed by atoms with van der Waals surface area (Å²) < 4.78 is 16.3. The van der Waals surface area contributed by atoms with Gasteiger partial charge >= 0.3 is 0 Å². The number of rotatable bonds is 6. The number of nitrogens with zero attached hydrogens (tertiary/aromatic N) is 4. The lowest BCUT2D eigenvalue weighted by molar-refractivity contribution is 0.0951. The van der Waals surface area contributed by atoms with Crippen molar-refractivity contribution in [3.8, 4) is 0 Å². The topological polar surface area (TPSA) is 81.8 Å². The van der Waals surface area contributed by atoms with Crippen LogP contribution in [-0.2, 0) is 13.1 Å². The molecule has 2 aromatic heterocycles. The summed E-state index contributed by atoms with van der Waals surface area (Å²) in [4.78, 5) is 29.2. The Labute approximate surface area is 175 Å². The number of aromatic nitrogens is 4. The molecule has 0 aliphatic carbocycles. The number of amides is 1. The molecule has 2 heterocycles. The molecule has 0 saturated carbocycles. The van der Waals surface area contributed by atoms with Gasteiger partial charge < -0.3 is 5.32 Å². The number of benzene rings is 2. The Morgan fingerprint density at radius 2 is 1.97 bits per heavy atom. The zero-order valence-corrected chi connectivity index (χ0v) is 16.5. The van der Waals surface area contributed by atoms with Crippen molar-refractivity contribution in [3.05, 3.63) is 93.4 Å². The van der Waals surface area contributed by atoms with E-state index >= 15 is 0 Å². The van der Waals surface area contributed by atoms with Gasteiger partial charge in [-0.2, -0.15) is 5.10 Å². The molecule has 1 amide bonds. The van der Waals surface area contributed by atoms with Gasteiger partial charge in [-0.05, 0) is 35.9 Å². The lowest BCUT2D eigenvalue weighted by atomic mass is 10.2. The first-order valence-electron chi connectivity index (χ1n) is 9.20. The number of hydrogen-bond donors (Lipinski definition) is 1. The van der Waals surface area contributed by atoms with E-state index in [1.807, 2.05) is 12.1 Å². The van der Waals surface area contributed by atoms with Crippen LogP contribution in [0.3, 0.4) is 0 Å². The molecule has 30 heavy (non-hydrogen) atoms. The third kappa shape index (κ3) is 4.23. The van der Waals surface area contributed by atoms with E-state index in [0.717, 1.165) is 5.56 Å². The number of carbonyl (C=O) groups is 1. The highest BCUT2D eigenvalue weighted by atomic mass is 35.5. The maximum Gasteiger partial charge on any atom is 0.264 e. The van der Waals surface area contributed by atoms with Crippen LogP contribution >= 0.6 is 11.6 Å². The monoisotopic (exact) mass is 425 g/mol. The van der Waals surface area contributed by atoms with Crippen molar-refractivity contribution < 1.29 is 9.18 Å². The molecule has 0 aliphatic rings. The van der Waals surface area contributed by atoms with Gasteiger partial charge in [0.15, 0.2) is 5.65 Å². The van der Waals surface area contributed by atoms with E-state index in [4.69, 9.17) is 11.6 Å². The van der Waals surface area contributed by atoms with Crippen LogP contribution in [0.1, 0.15) is 15.9 Å². The molecule has 152 valence electrons. The van der Waals surface area contributed by atoms with Gasteiger partial charge in [0, 0.05) is 17.1 Å². The van der Waals surface area contributed by atoms with Crippen molar-refractivity contribution in [3.63, 3.8) is 0 Å². The van der Waals surface area contributed by atoms with Crippen LogP contribution in [0, 0.1) is 5.82 Å². The predicted octanol–water partition coefficient (Wildman–Crippen LogP) is 2.86. The number of halogens is 2. The van der Waals surface area contributed by atoms with E-state index in [0.29, 0.717) is 29.1 Å². The number of nitrogens with one attached hydrogen (secondary N) is 1. The summed E-state index contributed by atoms with van der Waals surface area (Å²) >= 11 is 5.89. The second kappa shape index (κ2) is 8.46. The van der Waals surface area contributed by atoms with Crippen molar-refractivity contribution in [2.24, 2.45) is 0 Å². The maximum absolute atomic E-state index is 13.2. The minimum Gasteiger partial charge on any atom is -0.350 e. The van der Waals surface area contributed by atoms with Crippen molar-refractivity contribution >= 4 is 28.5 Å². The Morgan fingerprint density at radius 1 is 1.17 bits per heavy atom. The molecule has 0 bridgehead atoms. The summed E-state index contributed by atoms with van der Waals surface area (Å²) in [6, 6.07) is 12.7. The van der Waals surface area contributed by atoms with Crippen molar-refractivity contribution in [1.82, 2.24) is 24.6 Å². The highest BCUT2D eigenvalue weighted by molar-refractivity contribution is 6.30. The van der Waals surface area contributed by atoms with Crippen molar-refractivity contribution in [2.45, 2.75) is 13.1 Å². The molecule has 0 unspecified atom stereocenters. The normalized spacial score (nSPS) is 11.0. The Morgan fingerprint density at radius 3 is 2.73 bits per heavy atom. The van der Waals surface area contributed by atoms with E-state index in [9.17, 15) is 14.0 Å². The molecule has 1 N–H and O–H groups in total. The van der Waals surface area contributed by atoms with E-state index in [2.05, 4.69) is 15.4 Å². The quantitative estimate of drug-likeness (QED) is 0.515. The second-order valence-electron chi connectivity index (χ2n) is 6.68. The molecule has 9 heteroatoms. The Hall–Kier alpha value is -3.52. The minimum absolute atomic E-state index is 0.204. The first-order chi connectivity index (χ1) is 14.5. The Kier molecular flexibility index (Phi) is 5.58. The van der Waals surface area contributed by atoms with E-state index in [1.165, 1.54) is 41.4 Å². The average molecular weight is 426 g/mol. The lowest BCUT2D eigenvalue weighted by Crippen LogP contribution is -2.28. The molecule has 0 atom stereocenters. The highest BCUT2D eigenvalue weighted by Crippen LogP contribution is 2.11. The maximum atomic E-state index is 13.2. The molecule has 0 fully saturated rings. The lowest BCUT2D eigenvalue weighted by Gasteiger charge is -2.08. The van der Waals surface area contributed by atoms with E-state index in [1.54, 1.807) is 16.8 Å². The van der Waals surface area contributed by atoms with Gasteiger partial charge in [0.05, 0.1) is 19.3 Å². The summed E-state index contributed by atoms with van der Waals surface area (Å²) in [6.07, 6.45) is 2.94. The van der Waals surface area contributed by atoms with Crippen LogP contribution < -0.4 is 10.9 Å². The van der Waals surface area contributed by atoms with Crippen LogP contribution in [0.25, 0.3) is 11.0 Å². The van der Waals surface area contributed by atoms with Crippen molar-refractivity contribution in [1.29, 1.82) is 0 Å². The van der Waals surface area contributed by atoms with Crippen LogP contribution in [0.5, 0.6) is 0 Å². The van der Waals surface area contributed by atoms with Crippen LogP contribution in [0.15, 0.2) is 65.8 Å². The molecule has 2 aromatic carbocycles. The van der Waals surface area contributed by atoms with Gasteiger partial charge in [-0.3, -0.25) is 14.2 Å². The SMILES string of the molecule is O=C(NCCn1ncc2c(=O)n(Cc3ccc(Cl)cc3)cnc21)c1cccc(F)c1. The molecule has 4 rings (SSSR count). The smallest absolute Gasteiger partial charge is 0.264 e. The number of carbonyl (C=O) groups excluding carboxylic acids is 1. The summed E-state index contributed by atoms with van der Waals surface area (Å²) in [5, 5.41) is 7.94. The fourth-order valence-corrected chi connectivity index (χ4v) is 3.19. The van der Waals surface area contributed by atoms with Crippen LogP contribution in [-0.4, -0.2) is 31.8 Å². The standard InChI is InChI=1S/C21H17ClFN5O2/c22-16-6-4-14(5-7-16)12-27-13-25-19-18(21(27)30)11-26-28(19)9-8-24-20(29)15-2-1-3-17(23)10-15/h1-7,10-11,13H,8-9,12H2,(H,24,29). The zero-order valence-electron chi connectivity index (χ0n) is 15.8. The van der Waals surface area contributed by atoms with Gasteiger partial charge in [-0.25, -0.2) is 14.1 Å². The van der Waals surface area contributed by atoms with E-state index in [-0.39, 0.29) is 23.6 Å². The summed E-state index contributed by atoms with van der Waals surface area (Å²) in [5.41, 5.74) is 1.40. The third-order valence-electron chi connectivity index (χ3n) is 4.58. The number of fused-ring (bicyclic) bond motifs is 1. The molecule has 0 radical (unpaired) electrons. The van der Waals surface area contributed by atoms with Gasteiger partial charge in [-0.15, -0.1) is 0 Å². The molecule has 7 nitrogen and oxygen atoms in total. The summed E-state index contributed by atoms with van der Waals surface area (Å²) in [5.74, 6) is -0.857. The van der Waals surface area contributed by atoms with Gasteiger partial charge in [0.2, 0.25) is 0 Å². The predicted molar refractivity (Wildman–Crippen MR) is 111 cm³/mol. The fraction of sp³-hybridized carbons (Fsp3) is 0.143. The highest BCUT2D eigenvalue weighted by Gasteiger charge is 2.11. The van der Waals surface area contributed by atoms with E-state index < -0.39 is 5.82 Å². The third-order valence-corrected chi connectivity index (χ3v) is 4.84. The second-order valence-corrected chi connectivity index (χ2v) is 7.11. The Balaban J connectivity index is 1.45. The zero-order chi connectivity index (χ0) is 21.1. The van der Waals surface area contributed by atoms with Crippen LogP contribution in [0.2, 0.25) is 5.02 Å². The first kappa shape index (κ1) is 19.8. The first-order valence-corrected chi connectivity index (χ1v) is 9.58. The molecule has 0 spiro atoms. The number of hydrogen-bond acceptors (Lipinski definition) is 4. The minimum atomic E-state index is -0.472. The van der Waals surface area contributed by atoms with Crippen LogP contribution in [0.4, 0.5) is 4.39 Å². The summed E-state index contributed by atoms with van der Waals surface area (Å²) in [7, 11) is 0. The van der Waals surface area contributed by atoms with Gasteiger partial charge in [-0.1, -0.05) is 29.8 Å². The van der Waals surface area contributed by atoms with Crippen molar-refractivity contribution in [2.75, 3.05) is 6.54 Å². The molecule has 4 aromatic rings. The molecule has 0 saturated heterocycles. The Bertz CT molecular complexity index is 1270. The molecular formula is C21H17ClFN5O2. The van der Waals surface area contributed by atoms with Gasteiger partial charge in [0.1, 0.15) is 17.5 Å².